The monoisotopic (exact) mass is 588 g/mol. The number of hydrogen-bond donors (Lipinski definition) is 1. The standard InChI is InChI=1S/C41H64O2/c1-10-15-19-29(6)34-26-37(31(8)21-17-12-3)40(32(9)22-18-13-4)38(27-34)41(43)39(42)28-35-25-33(14-5)23-24-36(35)30(7)20-16-11-2/h23-32,42H,10-22H2,1-9H3. The lowest BCUT2D eigenvalue weighted by molar-refractivity contribution is 0.0978. The molecule has 1 N–H and O–H groups in total. The lowest BCUT2D eigenvalue weighted by Crippen LogP contribution is -2.15. The maximum atomic E-state index is 14.4. The molecule has 0 aliphatic rings. The van der Waals surface area contributed by atoms with Gasteiger partial charge in [0.2, 0.25) is 5.78 Å². The summed E-state index contributed by atoms with van der Waals surface area (Å²) in [6.07, 6.45) is 16.4. The second-order valence-corrected chi connectivity index (χ2v) is 13.4. The molecule has 0 fully saturated rings. The molecule has 0 radical (unpaired) electrons. The van der Waals surface area contributed by atoms with E-state index in [4.69, 9.17) is 0 Å². The van der Waals surface area contributed by atoms with Gasteiger partial charge in [0.1, 0.15) is 0 Å². The van der Waals surface area contributed by atoms with Crippen molar-refractivity contribution in [2.45, 2.75) is 169 Å². The lowest BCUT2D eigenvalue weighted by atomic mass is 9.78. The van der Waals surface area contributed by atoms with Crippen LogP contribution in [0.5, 0.6) is 0 Å². The fraction of sp³-hybridized carbons (Fsp3) is 0.634. The van der Waals surface area contributed by atoms with Crippen molar-refractivity contribution in [2.24, 2.45) is 0 Å². The number of ketones is 1. The molecule has 2 nitrogen and oxygen atoms in total. The summed E-state index contributed by atoms with van der Waals surface area (Å²) < 4.78 is 0. The van der Waals surface area contributed by atoms with Gasteiger partial charge in [-0.3, -0.25) is 4.79 Å². The molecule has 43 heavy (non-hydrogen) atoms. The van der Waals surface area contributed by atoms with E-state index < -0.39 is 0 Å². The summed E-state index contributed by atoms with van der Waals surface area (Å²) in [7, 11) is 0. The first-order valence-corrected chi connectivity index (χ1v) is 17.9. The molecule has 0 aliphatic heterocycles. The molecule has 0 amide bonds. The van der Waals surface area contributed by atoms with E-state index in [1.807, 2.05) is 0 Å². The largest absolute Gasteiger partial charge is 0.504 e. The number of rotatable bonds is 20. The van der Waals surface area contributed by atoms with Crippen molar-refractivity contribution in [1.82, 2.24) is 0 Å². The van der Waals surface area contributed by atoms with Crippen LogP contribution in [-0.4, -0.2) is 10.9 Å². The first-order chi connectivity index (χ1) is 20.6. The smallest absolute Gasteiger partial charge is 0.227 e. The fourth-order valence-electron chi connectivity index (χ4n) is 6.56. The Balaban J connectivity index is 2.76. The minimum atomic E-state index is -0.221. The van der Waals surface area contributed by atoms with Gasteiger partial charge >= 0.3 is 0 Å². The quantitative estimate of drug-likeness (QED) is 0.0949. The topological polar surface area (TPSA) is 37.3 Å². The summed E-state index contributed by atoms with van der Waals surface area (Å²) in [4.78, 5) is 14.4. The molecule has 2 rings (SSSR count). The summed E-state index contributed by atoms with van der Waals surface area (Å²) in [5, 5.41) is 11.6. The predicted molar refractivity (Wildman–Crippen MR) is 189 cm³/mol. The van der Waals surface area contributed by atoms with E-state index in [0.717, 1.165) is 62.5 Å². The molecule has 4 atom stereocenters. The van der Waals surface area contributed by atoms with Crippen LogP contribution in [0, 0.1) is 0 Å². The van der Waals surface area contributed by atoms with Crippen LogP contribution in [0.4, 0.5) is 0 Å². The highest BCUT2D eigenvalue weighted by Gasteiger charge is 2.26. The fourth-order valence-corrected chi connectivity index (χ4v) is 6.56. The number of carbonyl (C=O) groups excluding carboxylic acids is 1. The SMILES string of the molecule is CCCCC(C)c1cc(C(=O)C(O)=Cc2cc(CC)ccc2C(C)CCCC)c(C(C)CCCC)c(C(C)CCCC)c1. The summed E-state index contributed by atoms with van der Waals surface area (Å²) >= 11 is 0. The number of Topliss-reactive ketones (excluding diaryl/α,β-unsaturated/α-hetero) is 1. The Labute approximate surface area is 265 Å². The molecule has 2 aromatic rings. The zero-order valence-electron chi connectivity index (χ0n) is 29.3. The van der Waals surface area contributed by atoms with Crippen LogP contribution in [0.1, 0.15) is 207 Å². The number of carbonyl (C=O) groups is 1. The Hall–Kier alpha value is -2.35. The molecule has 0 aliphatic carbocycles. The van der Waals surface area contributed by atoms with Gasteiger partial charge in [-0.25, -0.2) is 0 Å². The highest BCUT2D eigenvalue weighted by molar-refractivity contribution is 6.11. The maximum Gasteiger partial charge on any atom is 0.227 e. The molecule has 0 saturated heterocycles. The van der Waals surface area contributed by atoms with Gasteiger partial charge in [-0.1, -0.05) is 138 Å². The second-order valence-electron chi connectivity index (χ2n) is 13.4. The second kappa shape index (κ2) is 19.1. The molecule has 0 heterocycles. The third kappa shape index (κ3) is 10.6. The molecule has 240 valence electrons. The number of hydrogen-bond acceptors (Lipinski definition) is 2. The van der Waals surface area contributed by atoms with Gasteiger partial charge in [0.25, 0.3) is 0 Å². The molecule has 0 bridgehead atoms. The van der Waals surface area contributed by atoms with Crippen LogP contribution in [0.25, 0.3) is 6.08 Å². The highest BCUT2D eigenvalue weighted by Crippen LogP contribution is 2.39. The van der Waals surface area contributed by atoms with Crippen LogP contribution in [-0.2, 0) is 6.42 Å². The Bertz CT molecular complexity index is 1160. The van der Waals surface area contributed by atoms with Crippen LogP contribution < -0.4 is 0 Å². The van der Waals surface area contributed by atoms with E-state index in [1.54, 1.807) is 6.08 Å². The van der Waals surface area contributed by atoms with Crippen molar-refractivity contribution in [3.63, 3.8) is 0 Å². The Morgan fingerprint density at radius 2 is 1.19 bits per heavy atom. The van der Waals surface area contributed by atoms with Crippen molar-refractivity contribution >= 4 is 11.9 Å². The first-order valence-electron chi connectivity index (χ1n) is 17.9. The zero-order valence-corrected chi connectivity index (χ0v) is 29.3. The molecule has 0 saturated carbocycles. The van der Waals surface area contributed by atoms with Gasteiger partial charge in [0.05, 0.1) is 0 Å². The maximum absolute atomic E-state index is 14.4. The number of aliphatic hydroxyl groups excluding tert-OH is 1. The molecule has 0 aromatic heterocycles. The number of allylic oxidation sites excluding steroid dienone is 1. The average molecular weight is 589 g/mol. The van der Waals surface area contributed by atoms with Crippen molar-refractivity contribution < 1.29 is 9.90 Å². The van der Waals surface area contributed by atoms with Gasteiger partial charge in [-0.2, -0.15) is 0 Å². The van der Waals surface area contributed by atoms with E-state index >= 15 is 0 Å². The van der Waals surface area contributed by atoms with E-state index in [9.17, 15) is 9.90 Å². The normalized spacial score (nSPS) is 14.9. The summed E-state index contributed by atoms with van der Waals surface area (Å²) in [5.74, 6) is 1.04. The van der Waals surface area contributed by atoms with Crippen LogP contribution in [0.2, 0.25) is 0 Å². The number of aliphatic hydroxyl groups is 1. The number of unbranched alkanes of at least 4 members (excludes halogenated alkanes) is 4. The molecular weight excluding hydrogens is 524 g/mol. The average Bonchev–Trinajstić information content (AvgIpc) is 3.02. The third-order valence-corrected chi connectivity index (χ3v) is 9.65. The predicted octanol–water partition coefficient (Wildman–Crippen LogP) is 13.2. The van der Waals surface area contributed by atoms with E-state index in [-0.39, 0.29) is 17.5 Å². The van der Waals surface area contributed by atoms with Crippen molar-refractivity contribution in [3.8, 4) is 0 Å². The van der Waals surface area contributed by atoms with Gasteiger partial charge in [0, 0.05) is 5.56 Å². The Morgan fingerprint density at radius 3 is 1.72 bits per heavy atom. The van der Waals surface area contributed by atoms with E-state index in [0.29, 0.717) is 17.8 Å². The minimum absolute atomic E-state index is 0.133. The van der Waals surface area contributed by atoms with Crippen LogP contribution in [0.15, 0.2) is 36.1 Å². The molecule has 2 aromatic carbocycles. The molecular formula is C41H64O2. The van der Waals surface area contributed by atoms with Crippen LogP contribution in [0.3, 0.4) is 0 Å². The third-order valence-electron chi connectivity index (χ3n) is 9.65. The summed E-state index contributed by atoms with van der Waals surface area (Å²) in [5.41, 5.74) is 7.91. The lowest BCUT2D eigenvalue weighted by Gasteiger charge is -2.26. The van der Waals surface area contributed by atoms with Crippen molar-refractivity contribution in [1.29, 1.82) is 0 Å². The van der Waals surface area contributed by atoms with E-state index in [2.05, 4.69) is 92.6 Å². The molecule has 0 spiro atoms. The zero-order chi connectivity index (χ0) is 31.9. The van der Waals surface area contributed by atoms with Crippen molar-refractivity contribution in [2.75, 3.05) is 0 Å². The Morgan fingerprint density at radius 1 is 0.674 bits per heavy atom. The first kappa shape index (κ1) is 36.8. The minimum Gasteiger partial charge on any atom is -0.504 e. The summed E-state index contributed by atoms with van der Waals surface area (Å²) in [6, 6.07) is 11.2. The van der Waals surface area contributed by atoms with E-state index in [1.165, 1.54) is 59.9 Å². The number of benzene rings is 2. The summed E-state index contributed by atoms with van der Waals surface area (Å²) in [6.45, 7) is 20.3. The van der Waals surface area contributed by atoms with Gasteiger partial charge in [0.15, 0.2) is 5.76 Å². The van der Waals surface area contributed by atoms with Crippen molar-refractivity contribution in [3.05, 3.63) is 75.0 Å². The van der Waals surface area contributed by atoms with Gasteiger partial charge < -0.3 is 5.11 Å². The molecule has 2 heteroatoms. The van der Waals surface area contributed by atoms with Gasteiger partial charge in [-0.05, 0) is 101 Å². The molecule has 4 unspecified atom stereocenters. The highest BCUT2D eigenvalue weighted by atomic mass is 16.3. The number of aryl methyl sites for hydroxylation is 1. The Kier molecular flexibility index (Phi) is 16.4. The van der Waals surface area contributed by atoms with Crippen LogP contribution >= 0.6 is 0 Å². The van der Waals surface area contributed by atoms with Gasteiger partial charge in [-0.15, -0.1) is 0 Å².